The van der Waals surface area contributed by atoms with E-state index in [1.54, 1.807) is 19.3 Å². The molecule has 0 aromatic carbocycles. The summed E-state index contributed by atoms with van der Waals surface area (Å²) >= 11 is 0. The Kier molecular flexibility index (Phi) is 3.37. The highest BCUT2D eigenvalue weighted by Gasteiger charge is 2.08. The molecule has 4 heteroatoms. The molecule has 13 heavy (non-hydrogen) atoms. The molecule has 70 valence electrons. The van der Waals surface area contributed by atoms with Gasteiger partial charge in [-0.15, -0.1) is 0 Å². The zero-order chi connectivity index (χ0) is 9.68. The van der Waals surface area contributed by atoms with Gasteiger partial charge in [0.05, 0.1) is 6.61 Å². The topological polar surface area (TPSA) is 52.1 Å². The maximum absolute atomic E-state index is 11.1. The summed E-state index contributed by atoms with van der Waals surface area (Å²) in [6, 6.07) is 0. The number of aryl methyl sites for hydroxylation is 1. The summed E-state index contributed by atoms with van der Waals surface area (Å²) in [4.78, 5) is 18.9. The van der Waals surface area contributed by atoms with Crippen molar-refractivity contribution in [3.63, 3.8) is 0 Å². The molecule has 0 aliphatic heterocycles. The van der Waals surface area contributed by atoms with E-state index in [1.807, 2.05) is 6.92 Å². The van der Waals surface area contributed by atoms with Crippen molar-refractivity contribution < 1.29 is 9.53 Å². The van der Waals surface area contributed by atoms with E-state index >= 15 is 0 Å². The van der Waals surface area contributed by atoms with Gasteiger partial charge in [-0.1, -0.05) is 6.92 Å². The molecule has 0 aliphatic carbocycles. The van der Waals surface area contributed by atoms with Crippen molar-refractivity contribution in [1.82, 2.24) is 9.97 Å². The van der Waals surface area contributed by atoms with Crippen LogP contribution in [-0.4, -0.2) is 22.5 Å². The smallest absolute Gasteiger partial charge is 0.376 e. The standard InChI is InChI=1S/C9H12N2O2/c1-3-7-5-10-8(11-6-7)9(12)13-4-2/h5-6H,3-4H2,1-2H3. The predicted octanol–water partition coefficient (Wildman–Crippen LogP) is 1.22. The van der Waals surface area contributed by atoms with Gasteiger partial charge < -0.3 is 4.74 Å². The van der Waals surface area contributed by atoms with Crippen LogP contribution in [0, 0.1) is 0 Å². The first-order valence-electron chi connectivity index (χ1n) is 4.26. The third kappa shape index (κ3) is 2.50. The molecule has 0 fully saturated rings. The molecule has 0 amide bonds. The third-order valence-corrected chi connectivity index (χ3v) is 1.57. The number of carbonyl (C=O) groups is 1. The van der Waals surface area contributed by atoms with Crippen LogP contribution in [0.3, 0.4) is 0 Å². The van der Waals surface area contributed by atoms with Crippen LogP contribution in [0.2, 0.25) is 0 Å². The summed E-state index contributed by atoms with van der Waals surface area (Å²) < 4.78 is 4.74. The third-order valence-electron chi connectivity index (χ3n) is 1.57. The molecule has 0 N–H and O–H groups in total. The second kappa shape index (κ2) is 4.54. The molecule has 1 aromatic rings. The molecule has 1 aromatic heterocycles. The Hall–Kier alpha value is -1.45. The second-order valence-corrected chi connectivity index (χ2v) is 2.49. The SMILES string of the molecule is CCOC(=O)c1ncc(CC)cn1. The fourth-order valence-corrected chi connectivity index (χ4v) is 0.838. The van der Waals surface area contributed by atoms with Crippen molar-refractivity contribution in [2.75, 3.05) is 6.61 Å². The number of hydrogen-bond donors (Lipinski definition) is 0. The second-order valence-electron chi connectivity index (χ2n) is 2.49. The molecule has 0 unspecified atom stereocenters. The molecule has 0 spiro atoms. The average Bonchev–Trinajstić information content (AvgIpc) is 2.18. The minimum atomic E-state index is -0.467. The molecular formula is C9H12N2O2. The summed E-state index contributed by atoms with van der Waals surface area (Å²) in [5.41, 5.74) is 1.01. The van der Waals surface area contributed by atoms with Gasteiger partial charge in [0.25, 0.3) is 0 Å². The lowest BCUT2D eigenvalue weighted by Gasteiger charge is -1.99. The summed E-state index contributed by atoms with van der Waals surface area (Å²) in [5, 5.41) is 0. The molecule has 0 saturated carbocycles. The van der Waals surface area contributed by atoms with Gasteiger partial charge >= 0.3 is 5.97 Å². The van der Waals surface area contributed by atoms with Crippen molar-refractivity contribution >= 4 is 5.97 Å². The first kappa shape index (κ1) is 9.64. The van der Waals surface area contributed by atoms with Gasteiger partial charge in [0.15, 0.2) is 0 Å². The van der Waals surface area contributed by atoms with Crippen molar-refractivity contribution in [2.24, 2.45) is 0 Å². The Morgan fingerprint density at radius 3 is 2.46 bits per heavy atom. The maximum Gasteiger partial charge on any atom is 0.376 e. The monoisotopic (exact) mass is 180 g/mol. The molecule has 0 bridgehead atoms. The van der Waals surface area contributed by atoms with Crippen molar-refractivity contribution in [3.8, 4) is 0 Å². The van der Waals surface area contributed by atoms with E-state index in [0.29, 0.717) is 6.61 Å². The summed E-state index contributed by atoms with van der Waals surface area (Å²) in [7, 11) is 0. The molecule has 1 heterocycles. The summed E-state index contributed by atoms with van der Waals surface area (Å²) in [6.07, 6.45) is 4.14. The van der Waals surface area contributed by atoms with E-state index in [4.69, 9.17) is 4.74 Å². The Labute approximate surface area is 77.0 Å². The van der Waals surface area contributed by atoms with Gasteiger partial charge in [0, 0.05) is 12.4 Å². The number of carbonyl (C=O) groups excluding carboxylic acids is 1. The molecule has 0 radical (unpaired) electrons. The lowest BCUT2D eigenvalue weighted by atomic mass is 10.3. The van der Waals surface area contributed by atoms with Crippen molar-refractivity contribution in [1.29, 1.82) is 0 Å². The highest BCUT2D eigenvalue weighted by Crippen LogP contribution is 1.98. The number of esters is 1. The molecular weight excluding hydrogens is 168 g/mol. The van der Waals surface area contributed by atoms with Crippen LogP contribution in [0.15, 0.2) is 12.4 Å². The first-order chi connectivity index (χ1) is 6.27. The van der Waals surface area contributed by atoms with Crippen molar-refractivity contribution in [3.05, 3.63) is 23.8 Å². The summed E-state index contributed by atoms with van der Waals surface area (Å²) in [5.74, 6) is -0.343. The van der Waals surface area contributed by atoms with Gasteiger partial charge in [0.1, 0.15) is 0 Å². The zero-order valence-electron chi connectivity index (χ0n) is 7.78. The highest BCUT2D eigenvalue weighted by atomic mass is 16.5. The minimum Gasteiger partial charge on any atom is -0.460 e. The van der Waals surface area contributed by atoms with E-state index in [1.165, 1.54) is 0 Å². The van der Waals surface area contributed by atoms with Gasteiger partial charge in [-0.05, 0) is 18.9 Å². The lowest BCUT2D eigenvalue weighted by Crippen LogP contribution is -2.09. The number of ether oxygens (including phenoxy) is 1. The van der Waals surface area contributed by atoms with Crippen LogP contribution in [0.4, 0.5) is 0 Å². The molecule has 1 rings (SSSR count). The highest BCUT2D eigenvalue weighted by molar-refractivity contribution is 5.84. The fraction of sp³-hybridized carbons (Fsp3) is 0.444. The fourth-order valence-electron chi connectivity index (χ4n) is 0.838. The van der Waals surface area contributed by atoms with E-state index in [0.717, 1.165) is 12.0 Å². The number of nitrogens with zero attached hydrogens (tertiary/aromatic N) is 2. The lowest BCUT2D eigenvalue weighted by molar-refractivity contribution is 0.0512. The van der Waals surface area contributed by atoms with Crippen LogP contribution >= 0.6 is 0 Å². The first-order valence-corrected chi connectivity index (χ1v) is 4.26. The van der Waals surface area contributed by atoms with Crippen LogP contribution < -0.4 is 0 Å². The van der Waals surface area contributed by atoms with Crippen LogP contribution in [-0.2, 0) is 11.2 Å². The van der Waals surface area contributed by atoms with Gasteiger partial charge in [-0.25, -0.2) is 14.8 Å². The van der Waals surface area contributed by atoms with Crippen LogP contribution in [0.1, 0.15) is 30.0 Å². The molecule has 0 atom stereocenters. The Balaban J connectivity index is 2.74. The van der Waals surface area contributed by atoms with Gasteiger partial charge in [-0.2, -0.15) is 0 Å². The van der Waals surface area contributed by atoms with Crippen molar-refractivity contribution in [2.45, 2.75) is 20.3 Å². The molecule has 0 saturated heterocycles. The average molecular weight is 180 g/mol. The quantitative estimate of drug-likeness (QED) is 0.656. The Morgan fingerprint density at radius 1 is 1.38 bits per heavy atom. The van der Waals surface area contributed by atoms with E-state index < -0.39 is 5.97 Å². The Morgan fingerprint density at radius 2 is 2.00 bits per heavy atom. The van der Waals surface area contributed by atoms with E-state index in [9.17, 15) is 4.79 Å². The summed E-state index contributed by atoms with van der Waals surface area (Å²) in [6.45, 7) is 4.10. The normalized spacial score (nSPS) is 9.69. The number of rotatable bonds is 3. The molecule has 4 nitrogen and oxygen atoms in total. The zero-order valence-corrected chi connectivity index (χ0v) is 7.78. The van der Waals surface area contributed by atoms with E-state index in [-0.39, 0.29) is 5.82 Å². The predicted molar refractivity (Wildman–Crippen MR) is 47.4 cm³/mol. The largest absolute Gasteiger partial charge is 0.460 e. The van der Waals surface area contributed by atoms with Gasteiger partial charge in [0.2, 0.25) is 5.82 Å². The molecule has 0 aliphatic rings. The maximum atomic E-state index is 11.1. The van der Waals surface area contributed by atoms with Crippen LogP contribution in [0.25, 0.3) is 0 Å². The number of aromatic nitrogens is 2. The van der Waals surface area contributed by atoms with Gasteiger partial charge in [-0.3, -0.25) is 0 Å². The minimum absolute atomic E-state index is 0.124. The van der Waals surface area contributed by atoms with Crippen LogP contribution in [0.5, 0.6) is 0 Å². The van der Waals surface area contributed by atoms with E-state index in [2.05, 4.69) is 9.97 Å². The number of hydrogen-bond acceptors (Lipinski definition) is 4. The Bertz CT molecular complexity index is 282.